The molecule has 3 aromatic carbocycles. The van der Waals surface area contributed by atoms with Gasteiger partial charge in [0.05, 0.1) is 28.8 Å². The number of sulfonamides is 1. The van der Waals surface area contributed by atoms with Crippen LogP contribution in [-0.2, 0) is 21.4 Å². The van der Waals surface area contributed by atoms with Gasteiger partial charge in [-0.25, -0.2) is 17.8 Å². The van der Waals surface area contributed by atoms with Crippen molar-refractivity contribution < 1.29 is 22.3 Å². The lowest BCUT2D eigenvalue weighted by Gasteiger charge is -2.33. The quantitative estimate of drug-likeness (QED) is 0.327. The summed E-state index contributed by atoms with van der Waals surface area (Å²) >= 11 is 1.43. The van der Waals surface area contributed by atoms with Crippen molar-refractivity contribution in [2.75, 3.05) is 25.1 Å². The number of carbonyl (C=O) groups excluding carboxylic acids is 1. The van der Waals surface area contributed by atoms with Crippen LogP contribution in [0, 0.1) is 11.7 Å². The number of carbonyl (C=O) groups is 1. The monoisotopic (exact) mass is 539 g/mol. The molecular formula is C27H26FN3O4S2. The van der Waals surface area contributed by atoms with E-state index in [1.54, 1.807) is 12.0 Å². The predicted molar refractivity (Wildman–Crippen MR) is 142 cm³/mol. The topological polar surface area (TPSA) is 79.8 Å². The maximum Gasteiger partial charge on any atom is 0.243 e. The Bertz CT molecular complexity index is 1500. The first-order chi connectivity index (χ1) is 17.8. The van der Waals surface area contributed by atoms with Gasteiger partial charge < -0.3 is 4.74 Å². The molecule has 0 bridgehead atoms. The van der Waals surface area contributed by atoms with Gasteiger partial charge in [0.2, 0.25) is 15.9 Å². The van der Waals surface area contributed by atoms with Gasteiger partial charge in [-0.05, 0) is 60.9 Å². The van der Waals surface area contributed by atoms with E-state index in [2.05, 4.69) is 0 Å². The molecule has 10 heteroatoms. The van der Waals surface area contributed by atoms with Gasteiger partial charge in [0, 0.05) is 19.0 Å². The zero-order valence-corrected chi connectivity index (χ0v) is 21.8. The number of ether oxygens (including phenoxy) is 1. The lowest BCUT2D eigenvalue weighted by atomic mass is 9.96. The average Bonchev–Trinajstić information content (AvgIpc) is 3.35. The summed E-state index contributed by atoms with van der Waals surface area (Å²) in [5.41, 5.74) is 1.76. The van der Waals surface area contributed by atoms with Crippen molar-refractivity contribution in [3.63, 3.8) is 0 Å². The maximum atomic E-state index is 13.8. The summed E-state index contributed by atoms with van der Waals surface area (Å²) in [4.78, 5) is 20.3. The Hall–Kier alpha value is -3.34. The highest BCUT2D eigenvalue weighted by atomic mass is 32.2. The second kappa shape index (κ2) is 10.6. The molecule has 5 rings (SSSR count). The van der Waals surface area contributed by atoms with E-state index in [0.717, 1.165) is 33.7 Å². The van der Waals surface area contributed by atoms with Crippen LogP contribution in [-0.4, -0.2) is 43.8 Å². The molecule has 4 aromatic rings. The summed E-state index contributed by atoms with van der Waals surface area (Å²) in [7, 11) is -2.15. The zero-order chi connectivity index (χ0) is 26.0. The molecule has 192 valence electrons. The van der Waals surface area contributed by atoms with Gasteiger partial charge in [-0.3, -0.25) is 9.69 Å². The number of fused-ring (bicyclic) bond motifs is 1. The van der Waals surface area contributed by atoms with Crippen molar-refractivity contribution >= 4 is 42.6 Å². The van der Waals surface area contributed by atoms with E-state index < -0.39 is 15.8 Å². The fourth-order valence-electron chi connectivity index (χ4n) is 4.46. The number of aromatic nitrogens is 1. The molecule has 0 radical (unpaired) electrons. The van der Waals surface area contributed by atoms with E-state index in [1.165, 1.54) is 27.8 Å². The van der Waals surface area contributed by atoms with Crippen molar-refractivity contribution in [2.45, 2.75) is 24.3 Å². The highest BCUT2D eigenvalue weighted by Gasteiger charge is 2.35. The number of anilines is 1. The summed E-state index contributed by atoms with van der Waals surface area (Å²) in [5.74, 6) is -0.188. The number of piperidine rings is 1. The normalized spacial score (nSPS) is 15.1. The van der Waals surface area contributed by atoms with Crippen LogP contribution in [0.2, 0.25) is 0 Å². The number of rotatable bonds is 7. The van der Waals surface area contributed by atoms with Crippen molar-refractivity contribution in [1.82, 2.24) is 9.29 Å². The second-order valence-electron chi connectivity index (χ2n) is 8.87. The molecule has 2 heterocycles. The first-order valence-corrected chi connectivity index (χ1v) is 14.2. The maximum absolute atomic E-state index is 13.8. The highest BCUT2D eigenvalue weighted by molar-refractivity contribution is 7.89. The molecular weight excluding hydrogens is 513 g/mol. The minimum absolute atomic E-state index is 0.0503. The number of amides is 1. The molecule has 1 aliphatic rings. The molecule has 1 amide bonds. The van der Waals surface area contributed by atoms with Crippen LogP contribution in [0.3, 0.4) is 0 Å². The number of thiazole rings is 1. The Morgan fingerprint density at radius 2 is 1.78 bits per heavy atom. The molecule has 1 fully saturated rings. The van der Waals surface area contributed by atoms with Crippen LogP contribution in [0.5, 0.6) is 5.75 Å². The van der Waals surface area contributed by atoms with Gasteiger partial charge in [0.25, 0.3) is 0 Å². The molecule has 0 saturated carbocycles. The summed E-state index contributed by atoms with van der Waals surface area (Å²) in [6.07, 6.45) is 0.784. The van der Waals surface area contributed by atoms with Gasteiger partial charge in [-0.15, -0.1) is 0 Å². The molecule has 0 atom stereocenters. The van der Waals surface area contributed by atoms with E-state index in [-0.39, 0.29) is 29.8 Å². The number of hydrogen-bond donors (Lipinski definition) is 0. The second-order valence-corrected chi connectivity index (χ2v) is 11.8. The number of benzene rings is 3. The third-order valence-electron chi connectivity index (χ3n) is 6.52. The van der Waals surface area contributed by atoms with Crippen molar-refractivity contribution in [1.29, 1.82) is 0 Å². The first-order valence-electron chi connectivity index (χ1n) is 11.9. The fraction of sp³-hybridized carbons (Fsp3) is 0.259. The Balaban J connectivity index is 1.37. The fourth-order valence-corrected chi connectivity index (χ4v) is 6.93. The Morgan fingerprint density at radius 1 is 1.08 bits per heavy atom. The molecule has 1 aromatic heterocycles. The SMILES string of the molecule is COc1ccc2nc(N(Cc3ccccc3)C(=O)C3CCN(S(=O)(=O)c4ccc(F)cc4)CC3)sc2c1. The van der Waals surface area contributed by atoms with E-state index in [1.807, 2.05) is 48.5 Å². The molecule has 0 unspecified atom stereocenters. The summed E-state index contributed by atoms with van der Waals surface area (Å²) < 4.78 is 46.9. The third-order valence-corrected chi connectivity index (χ3v) is 9.47. The predicted octanol–water partition coefficient (Wildman–Crippen LogP) is 5.08. The molecule has 0 spiro atoms. The van der Waals surface area contributed by atoms with Gasteiger partial charge in [0.15, 0.2) is 5.13 Å². The van der Waals surface area contributed by atoms with E-state index >= 15 is 0 Å². The number of hydrogen-bond acceptors (Lipinski definition) is 6. The molecule has 7 nitrogen and oxygen atoms in total. The molecule has 37 heavy (non-hydrogen) atoms. The minimum Gasteiger partial charge on any atom is -0.497 e. The van der Waals surface area contributed by atoms with Crippen molar-refractivity contribution in [2.24, 2.45) is 5.92 Å². The van der Waals surface area contributed by atoms with E-state index in [4.69, 9.17) is 9.72 Å². The lowest BCUT2D eigenvalue weighted by Crippen LogP contribution is -2.44. The Kier molecular flexibility index (Phi) is 7.23. The largest absolute Gasteiger partial charge is 0.497 e. The van der Waals surface area contributed by atoms with E-state index in [9.17, 15) is 17.6 Å². The Labute approximate surface area is 219 Å². The zero-order valence-electron chi connectivity index (χ0n) is 20.2. The van der Waals surface area contributed by atoms with Gasteiger partial charge in [-0.1, -0.05) is 41.7 Å². The minimum atomic E-state index is -3.75. The van der Waals surface area contributed by atoms with Gasteiger partial charge >= 0.3 is 0 Å². The van der Waals surface area contributed by atoms with Crippen LogP contribution in [0.15, 0.2) is 77.7 Å². The molecule has 1 saturated heterocycles. The van der Waals surface area contributed by atoms with Crippen LogP contribution in [0.4, 0.5) is 9.52 Å². The molecule has 0 aliphatic carbocycles. The van der Waals surface area contributed by atoms with Crippen LogP contribution >= 0.6 is 11.3 Å². The summed E-state index contributed by atoms with van der Waals surface area (Å²) in [5, 5.41) is 0.596. The standard InChI is InChI=1S/C27H26FN3O4S2/c1-35-22-9-12-24-25(17-22)36-27(29-24)31(18-19-5-3-2-4-6-19)26(32)20-13-15-30(16-14-20)37(33,34)23-10-7-21(28)8-11-23/h2-12,17,20H,13-16,18H2,1H3. The Morgan fingerprint density at radius 3 is 2.46 bits per heavy atom. The lowest BCUT2D eigenvalue weighted by molar-refractivity contribution is -0.123. The van der Waals surface area contributed by atoms with Crippen molar-refractivity contribution in [3.8, 4) is 5.75 Å². The van der Waals surface area contributed by atoms with E-state index in [0.29, 0.717) is 24.5 Å². The summed E-state index contributed by atoms with van der Waals surface area (Å²) in [6.45, 7) is 0.795. The van der Waals surface area contributed by atoms with Gasteiger partial charge in [-0.2, -0.15) is 4.31 Å². The smallest absolute Gasteiger partial charge is 0.243 e. The number of nitrogens with zero attached hydrogens (tertiary/aromatic N) is 3. The third kappa shape index (κ3) is 5.36. The first kappa shape index (κ1) is 25.3. The molecule has 1 aliphatic heterocycles. The number of halogens is 1. The average molecular weight is 540 g/mol. The van der Waals surface area contributed by atoms with Crippen LogP contribution < -0.4 is 9.64 Å². The highest BCUT2D eigenvalue weighted by Crippen LogP contribution is 2.34. The van der Waals surface area contributed by atoms with Crippen LogP contribution in [0.25, 0.3) is 10.2 Å². The summed E-state index contributed by atoms with van der Waals surface area (Å²) in [6, 6.07) is 20.2. The van der Waals surface area contributed by atoms with Crippen molar-refractivity contribution in [3.05, 3.63) is 84.2 Å². The number of methoxy groups -OCH3 is 1. The van der Waals surface area contributed by atoms with Gasteiger partial charge in [0.1, 0.15) is 11.6 Å². The molecule has 0 N–H and O–H groups in total. The van der Waals surface area contributed by atoms with Crippen LogP contribution in [0.1, 0.15) is 18.4 Å².